The molecule has 0 aliphatic rings. The number of rotatable bonds is 6. The van der Waals surface area contributed by atoms with E-state index in [2.05, 4.69) is 10.3 Å². The van der Waals surface area contributed by atoms with Gasteiger partial charge in [-0.25, -0.2) is 0 Å². The summed E-state index contributed by atoms with van der Waals surface area (Å²) in [6, 6.07) is 10.6. The number of benzene rings is 1. The molecule has 1 amide bonds. The zero-order chi connectivity index (χ0) is 15.1. The lowest BCUT2D eigenvalue weighted by atomic mass is 10.2. The molecule has 2 aromatic rings. The molecule has 0 unspecified atom stereocenters. The summed E-state index contributed by atoms with van der Waals surface area (Å²) in [5.74, 6) is -0.259. The van der Waals surface area contributed by atoms with Crippen LogP contribution in [0.15, 0.2) is 42.6 Å². The first-order valence-corrected chi connectivity index (χ1v) is 6.85. The second-order valence-electron chi connectivity index (χ2n) is 4.40. The monoisotopic (exact) mass is 305 g/mol. The summed E-state index contributed by atoms with van der Waals surface area (Å²) in [7, 11) is 0. The van der Waals surface area contributed by atoms with Gasteiger partial charge in [-0.1, -0.05) is 17.7 Å². The topological polar surface area (TPSA) is 77.2 Å². The van der Waals surface area contributed by atoms with E-state index in [-0.39, 0.29) is 12.5 Å². The molecule has 21 heavy (non-hydrogen) atoms. The Labute approximate surface area is 128 Å². The number of amides is 1. The second-order valence-corrected chi connectivity index (χ2v) is 4.84. The third-order valence-corrected chi connectivity index (χ3v) is 2.98. The number of ether oxygens (including phenoxy) is 1. The number of anilines is 2. The van der Waals surface area contributed by atoms with Crippen LogP contribution in [0.25, 0.3) is 0 Å². The van der Waals surface area contributed by atoms with Crippen molar-refractivity contribution in [3.63, 3.8) is 0 Å². The van der Waals surface area contributed by atoms with Crippen LogP contribution in [0.4, 0.5) is 11.4 Å². The molecule has 0 aliphatic heterocycles. The van der Waals surface area contributed by atoms with Crippen molar-refractivity contribution in [2.24, 2.45) is 0 Å². The Balaban J connectivity index is 1.72. The Morgan fingerprint density at radius 1 is 1.33 bits per heavy atom. The maximum Gasteiger partial charge on any atom is 0.250 e. The van der Waals surface area contributed by atoms with Gasteiger partial charge in [-0.2, -0.15) is 0 Å². The number of nitrogens with two attached hydrogens (primary N) is 1. The number of carbonyl (C=O) groups excluding carboxylic acids is 1. The van der Waals surface area contributed by atoms with Crippen LogP contribution in [0, 0.1) is 0 Å². The van der Waals surface area contributed by atoms with Gasteiger partial charge in [0.2, 0.25) is 5.91 Å². The van der Waals surface area contributed by atoms with Crippen LogP contribution in [-0.2, 0) is 16.0 Å². The van der Waals surface area contributed by atoms with E-state index in [1.54, 1.807) is 24.4 Å². The maximum atomic E-state index is 11.7. The third-order valence-electron chi connectivity index (χ3n) is 2.75. The Morgan fingerprint density at radius 2 is 2.19 bits per heavy atom. The normalized spacial score (nSPS) is 10.3. The molecule has 0 radical (unpaired) electrons. The van der Waals surface area contributed by atoms with Crippen LogP contribution in [0.5, 0.6) is 0 Å². The highest BCUT2D eigenvalue weighted by Crippen LogP contribution is 2.22. The highest BCUT2D eigenvalue weighted by Gasteiger charge is 2.06. The molecule has 2 rings (SSSR count). The molecule has 0 atom stereocenters. The van der Waals surface area contributed by atoms with Crippen molar-refractivity contribution in [2.75, 3.05) is 24.3 Å². The number of carbonyl (C=O) groups is 1. The lowest BCUT2D eigenvalue weighted by Crippen LogP contribution is -2.19. The van der Waals surface area contributed by atoms with Crippen molar-refractivity contribution in [3.8, 4) is 0 Å². The maximum absolute atomic E-state index is 11.7. The van der Waals surface area contributed by atoms with E-state index >= 15 is 0 Å². The molecule has 110 valence electrons. The van der Waals surface area contributed by atoms with Gasteiger partial charge >= 0.3 is 0 Å². The summed E-state index contributed by atoms with van der Waals surface area (Å²) >= 11 is 5.79. The van der Waals surface area contributed by atoms with Gasteiger partial charge in [-0.05, 0) is 30.3 Å². The van der Waals surface area contributed by atoms with Gasteiger partial charge in [0.1, 0.15) is 6.61 Å². The van der Waals surface area contributed by atoms with Crippen LogP contribution in [-0.4, -0.2) is 24.1 Å². The summed E-state index contributed by atoms with van der Waals surface area (Å²) in [6.07, 6.45) is 2.39. The standard InChI is InChI=1S/C15H16ClN3O2/c16-11-4-5-14(13(17)9-11)19-15(20)10-21-8-6-12-3-1-2-7-18-12/h1-5,7,9H,6,8,10,17H2,(H,19,20). The number of aromatic nitrogens is 1. The number of nitrogen functional groups attached to an aromatic ring is 1. The fraction of sp³-hybridized carbons (Fsp3) is 0.200. The van der Waals surface area contributed by atoms with Crippen LogP contribution in [0.2, 0.25) is 5.02 Å². The Kier molecular flexibility index (Phi) is 5.54. The molecule has 1 aromatic heterocycles. The predicted octanol–water partition coefficient (Wildman–Crippen LogP) is 2.52. The van der Waals surface area contributed by atoms with E-state index in [9.17, 15) is 4.79 Å². The first-order valence-electron chi connectivity index (χ1n) is 6.47. The fourth-order valence-corrected chi connectivity index (χ4v) is 1.90. The van der Waals surface area contributed by atoms with Gasteiger partial charge in [0.15, 0.2) is 0 Å². The lowest BCUT2D eigenvalue weighted by Gasteiger charge is -2.09. The number of nitrogens with zero attached hydrogens (tertiary/aromatic N) is 1. The molecule has 0 saturated carbocycles. The van der Waals surface area contributed by atoms with Crippen molar-refractivity contribution in [3.05, 3.63) is 53.3 Å². The smallest absolute Gasteiger partial charge is 0.250 e. The second kappa shape index (κ2) is 7.61. The molecular formula is C15H16ClN3O2. The van der Waals surface area contributed by atoms with Crippen LogP contribution >= 0.6 is 11.6 Å². The van der Waals surface area contributed by atoms with Gasteiger partial charge in [-0.15, -0.1) is 0 Å². The third kappa shape index (κ3) is 5.06. The van der Waals surface area contributed by atoms with E-state index in [0.29, 0.717) is 29.4 Å². The first-order chi connectivity index (χ1) is 10.1. The van der Waals surface area contributed by atoms with Crippen LogP contribution in [0.1, 0.15) is 5.69 Å². The van der Waals surface area contributed by atoms with Gasteiger partial charge in [0.05, 0.1) is 18.0 Å². The van der Waals surface area contributed by atoms with E-state index in [0.717, 1.165) is 5.69 Å². The van der Waals surface area contributed by atoms with Crippen LogP contribution < -0.4 is 11.1 Å². The summed E-state index contributed by atoms with van der Waals surface area (Å²) in [6.45, 7) is 0.398. The highest BCUT2D eigenvalue weighted by molar-refractivity contribution is 6.31. The SMILES string of the molecule is Nc1cc(Cl)ccc1NC(=O)COCCc1ccccn1. The number of halogens is 1. The number of pyridine rings is 1. The quantitative estimate of drug-likeness (QED) is 0.635. The number of nitrogens with one attached hydrogen (secondary N) is 1. The molecule has 6 heteroatoms. The van der Waals surface area contributed by atoms with Gasteiger partial charge in [0, 0.05) is 23.3 Å². The number of hydrogen-bond donors (Lipinski definition) is 2. The molecule has 5 nitrogen and oxygen atoms in total. The van der Waals surface area contributed by atoms with Crippen LogP contribution in [0.3, 0.4) is 0 Å². The summed E-state index contributed by atoms with van der Waals surface area (Å²) in [5, 5.41) is 3.20. The Morgan fingerprint density at radius 3 is 2.90 bits per heavy atom. The zero-order valence-electron chi connectivity index (χ0n) is 11.4. The Bertz CT molecular complexity index is 605. The average molecular weight is 306 g/mol. The fourth-order valence-electron chi connectivity index (χ4n) is 1.72. The largest absolute Gasteiger partial charge is 0.397 e. The van der Waals surface area contributed by atoms with Gasteiger partial charge in [-0.3, -0.25) is 9.78 Å². The average Bonchev–Trinajstić information content (AvgIpc) is 2.48. The minimum atomic E-state index is -0.259. The molecule has 1 heterocycles. The summed E-state index contributed by atoms with van der Waals surface area (Å²) in [4.78, 5) is 15.9. The van der Waals surface area contributed by atoms with Gasteiger partial charge in [0.25, 0.3) is 0 Å². The molecule has 0 aliphatic carbocycles. The van der Waals surface area contributed by atoms with E-state index < -0.39 is 0 Å². The molecule has 1 aromatic carbocycles. The predicted molar refractivity (Wildman–Crippen MR) is 83.3 cm³/mol. The molecule has 0 spiro atoms. The van der Waals surface area contributed by atoms with E-state index in [1.165, 1.54) is 0 Å². The van der Waals surface area contributed by atoms with Crippen molar-refractivity contribution in [1.82, 2.24) is 4.98 Å². The minimum Gasteiger partial charge on any atom is -0.397 e. The highest BCUT2D eigenvalue weighted by atomic mass is 35.5. The molecule has 3 N–H and O–H groups in total. The van der Waals surface area contributed by atoms with E-state index in [1.807, 2.05) is 18.2 Å². The van der Waals surface area contributed by atoms with Crippen molar-refractivity contribution >= 4 is 28.9 Å². The zero-order valence-corrected chi connectivity index (χ0v) is 12.1. The van der Waals surface area contributed by atoms with Crippen molar-refractivity contribution in [1.29, 1.82) is 0 Å². The summed E-state index contributed by atoms with van der Waals surface area (Å²) in [5.41, 5.74) is 7.63. The molecule has 0 saturated heterocycles. The molecule has 0 bridgehead atoms. The Hall–Kier alpha value is -2.11. The minimum absolute atomic E-state index is 0.0328. The van der Waals surface area contributed by atoms with Crippen molar-refractivity contribution in [2.45, 2.75) is 6.42 Å². The van der Waals surface area contributed by atoms with E-state index in [4.69, 9.17) is 22.1 Å². The molecule has 0 fully saturated rings. The summed E-state index contributed by atoms with van der Waals surface area (Å²) < 4.78 is 5.32. The van der Waals surface area contributed by atoms with Crippen molar-refractivity contribution < 1.29 is 9.53 Å². The lowest BCUT2D eigenvalue weighted by molar-refractivity contribution is -0.120. The first kappa shape index (κ1) is 15.3. The molecular weight excluding hydrogens is 290 g/mol. The van der Waals surface area contributed by atoms with Gasteiger partial charge < -0.3 is 15.8 Å². The number of hydrogen-bond acceptors (Lipinski definition) is 4.